The molecular formula is C17H29IN8S. The summed E-state index contributed by atoms with van der Waals surface area (Å²) in [4.78, 5) is 14.1. The fourth-order valence-corrected chi connectivity index (χ4v) is 3.70. The number of aryl methyl sites for hydroxylation is 2. The first-order valence-electron chi connectivity index (χ1n) is 9.38. The Morgan fingerprint density at radius 3 is 2.70 bits per heavy atom. The summed E-state index contributed by atoms with van der Waals surface area (Å²) in [6.45, 7) is 10.6. The zero-order valence-corrected chi connectivity index (χ0v) is 19.2. The van der Waals surface area contributed by atoms with Crippen LogP contribution >= 0.6 is 35.5 Å². The second-order valence-corrected chi connectivity index (χ2v) is 6.91. The number of nitrogens with one attached hydrogen (secondary N) is 1. The number of anilines is 1. The van der Waals surface area contributed by atoms with Crippen molar-refractivity contribution in [2.75, 3.05) is 44.2 Å². The Morgan fingerprint density at radius 2 is 2.07 bits per heavy atom. The van der Waals surface area contributed by atoms with Gasteiger partial charge in [0.25, 0.3) is 0 Å². The quantitative estimate of drug-likeness (QED) is 0.270. The van der Waals surface area contributed by atoms with Gasteiger partial charge in [0.05, 0.1) is 0 Å². The van der Waals surface area contributed by atoms with Gasteiger partial charge in [-0.2, -0.15) is 9.47 Å². The molecule has 2 aromatic heterocycles. The summed E-state index contributed by atoms with van der Waals surface area (Å²) in [5, 5.41) is 8.70. The number of halogens is 1. The number of nitrogens with zero attached hydrogens (tertiary/aromatic N) is 7. The zero-order chi connectivity index (χ0) is 18.2. The number of guanidine groups is 1. The Balaban J connectivity index is 0.00000261. The first kappa shape index (κ1) is 21.9. The minimum absolute atomic E-state index is 0. The highest BCUT2D eigenvalue weighted by Crippen LogP contribution is 2.19. The van der Waals surface area contributed by atoms with E-state index >= 15 is 0 Å². The van der Waals surface area contributed by atoms with Gasteiger partial charge in [-0.15, -0.1) is 24.0 Å². The van der Waals surface area contributed by atoms with Gasteiger partial charge in [0.1, 0.15) is 5.82 Å². The Kier molecular flexibility index (Phi) is 9.25. The lowest BCUT2D eigenvalue weighted by Gasteiger charge is -2.36. The van der Waals surface area contributed by atoms with Crippen LogP contribution in [0, 0.1) is 0 Å². The number of hydrogen-bond donors (Lipinski definition) is 1. The van der Waals surface area contributed by atoms with Gasteiger partial charge in [0.2, 0.25) is 5.13 Å². The highest BCUT2D eigenvalue weighted by atomic mass is 127. The predicted molar refractivity (Wildman–Crippen MR) is 121 cm³/mol. The number of aliphatic imine (C=N–C) groups is 1. The minimum Gasteiger partial charge on any atom is -0.357 e. The third-order valence-corrected chi connectivity index (χ3v) is 5.14. The Morgan fingerprint density at radius 1 is 1.26 bits per heavy atom. The van der Waals surface area contributed by atoms with E-state index in [-0.39, 0.29) is 24.0 Å². The van der Waals surface area contributed by atoms with Crippen molar-refractivity contribution in [3.8, 4) is 0 Å². The zero-order valence-electron chi connectivity index (χ0n) is 16.0. The molecule has 3 rings (SSSR count). The SMILES string of the molecule is CCNC(=NCCCn1cccn1)N1CCN(c2nc(CC)ns2)CC1.I. The molecule has 27 heavy (non-hydrogen) atoms. The molecule has 3 heterocycles. The molecule has 1 aliphatic heterocycles. The maximum atomic E-state index is 4.80. The van der Waals surface area contributed by atoms with Crippen LogP contribution in [0.2, 0.25) is 0 Å². The van der Waals surface area contributed by atoms with E-state index in [1.54, 1.807) is 0 Å². The summed E-state index contributed by atoms with van der Waals surface area (Å²) < 4.78 is 6.35. The molecule has 10 heteroatoms. The first-order chi connectivity index (χ1) is 12.8. The van der Waals surface area contributed by atoms with E-state index in [0.717, 1.165) is 75.6 Å². The van der Waals surface area contributed by atoms with Crippen LogP contribution in [0.4, 0.5) is 5.13 Å². The van der Waals surface area contributed by atoms with Gasteiger partial charge in [-0.3, -0.25) is 9.67 Å². The van der Waals surface area contributed by atoms with Crippen LogP contribution in [0.5, 0.6) is 0 Å². The molecular weight excluding hydrogens is 475 g/mol. The smallest absolute Gasteiger partial charge is 0.205 e. The molecule has 0 bridgehead atoms. The van der Waals surface area contributed by atoms with Gasteiger partial charge in [-0.25, -0.2) is 4.98 Å². The lowest BCUT2D eigenvalue weighted by Crippen LogP contribution is -2.52. The van der Waals surface area contributed by atoms with Gasteiger partial charge in [0.15, 0.2) is 5.96 Å². The van der Waals surface area contributed by atoms with E-state index in [1.165, 1.54) is 11.5 Å². The van der Waals surface area contributed by atoms with Crippen molar-refractivity contribution in [2.45, 2.75) is 33.2 Å². The first-order valence-corrected chi connectivity index (χ1v) is 10.2. The molecule has 1 saturated heterocycles. The van der Waals surface area contributed by atoms with Crippen molar-refractivity contribution < 1.29 is 0 Å². The standard InChI is InChI=1S/C17H28N8S.HI/c1-3-15-21-17(26-22-15)24-13-11-23(12-14-24)16(18-4-2)19-7-5-9-25-10-6-8-20-25;/h6,8,10H,3-5,7,9,11-14H2,1-2H3,(H,18,19);1H. The van der Waals surface area contributed by atoms with Crippen molar-refractivity contribution in [3.05, 3.63) is 24.3 Å². The molecule has 8 nitrogen and oxygen atoms in total. The maximum Gasteiger partial charge on any atom is 0.205 e. The van der Waals surface area contributed by atoms with Crippen molar-refractivity contribution in [1.82, 2.24) is 29.4 Å². The number of hydrogen-bond acceptors (Lipinski definition) is 6. The van der Waals surface area contributed by atoms with Gasteiger partial charge in [-0.1, -0.05) is 6.92 Å². The fourth-order valence-electron chi connectivity index (χ4n) is 2.90. The van der Waals surface area contributed by atoms with Gasteiger partial charge in [0, 0.05) is 76.2 Å². The molecule has 0 unspecified atom stereocenters. The monoisotopic (exact) mass is 504 g/mol. The third kappa shape index (κ3) is 6.30. The summed E-state index contributed by atoms with van der Waals surface area (Å²) >= 11 is 1.51. The molecule has 150 valence electrons. The molecule has 0 radical (unpaired) electrons. The lowest BCUT2D eigenvalue weighted by molar-refractivity contribution is 0.372. The van der Waals surface area contributed by atoms with Crippen LogP contribution in [0.3, 0.4) is 0 Å². The van der Waals surface area contributed by atoms with E-state index in [0.29, 0.717) is 0 Å². The highest BCUT2D eigenvalue weighted by Gasteiger charge is 2.21. The Hall–Kier alpha value is -1.43. The van der Waals surface area contributed by atoms with E-state index in [4.69, 9.17) is 4.99 Å². The van der Waals surface area contributed by atoms with Crippen molar-refractivity contribution in [3.63, 3.8) is 0 Å². The summed E-state index contributed by atoms with van der Waals surface area (Å²) in [6.07, 6.45) is 5.69. The second kappa shape index (κ2) is 11.4. The van der Waals surface area contributed by atoms with Crippen LogP contribution in [-0.2, 0) is 13.0 Å². The molecule has 2 aromatic rings. The predicted octanol–water partition coefficient (Wildman–Crippen LogP) is 2.09. The van der Waals surface area contributed by atoms with Crippen LogP contribution in [-0.4, -0.2) is 69.3 Å². The molecule has 0 aliphatic carbocycles. The summed E-state index contributed by atoms with van der Waals surface area (Å²) in [6, 6.07) is 1.95. The molecule has 1 N–H and O–H groups in total. The molecule has 1 aliphatic rings. The lowest BCUT2D eigenvalue weighted by atomic mass is 10.3. The minimum atomic E-state index is 0. The van der Waals surface area contributed by atoms with Gasteiger partial charge >= 0.3 is 0 Å². The summed E-state index contributed by atoms with van der Waals surface area (Å²) in [5.41, 5.74) is 0. The van der Waals surface area contributed by atoms with Gasteiger partial charge < -0.3 is 15.1 Å². The van der Waals surface area contributed by atoms with E-state index in [2.05, 4.69) is 43.4 Å². The average molecular weight is 504 g/mol. The van der Waals surface area contributed by atoms with Crippen molar-refractivity contribution >= 4 is 46.6 Å². The topological polar surface area (TPSA) is 74.5 Å². The molecule has 0 aromatic carbocycles. The molecule has 0 saturated carbocycles. The van der Waals surface area contributed by atoms with Crippen LogP contribution < -0.4 is 10.2 Å². The maximum absolute atomic E-state index is 4.80. The molecule has 1 fully saturated rings. The largest absolute Gasteiger partial charge is 0.357 e. The Bertz CT molecular complexity index is 679. The highest BCUT2D eigenvalue weighted by molar-refractivity contribution is 14.0. The van der Waals surface area contributed by atoms with Crippen LogP contribution in [0.25, 0.3) is 0 Å². The van der Waals surface area contributed by atoms with Crippen LogP contribution in [0.1, 0.15) is 26.1 Å². The Labute approximate surface area is 182 Å². The van der Waals surface area contributed by atoms with E-state index in [1.807, 2.05) is 23.1 Å². The summed E-state index contributed by atoms with van der Waals surface area (Å²) in [5.74, 6) is 1.96. The van der Waals surface area contributed by atoms with Crippen molar-refractivity contribution in [2.24, 2.45) is 4.99 Å². The molecule has 0 spiro atoms. The van der Waals surface area contributed by atoms with Gasteiger partial charge in [-0.05, 0) is 19.4 Å². The second-order valence-electron chi connectivity index (χ2n) is 6.18. The summed E-state index contributed by atoms with van der Waals surface area (Å²) in [7, 11) is 0. The normalized spacial score (nSPS) is 15.0. The number of piperazine rings is 1. The van der Waals surface area contributed by atoms with Crippen molar-refractivity contribution in [1.29, 1.82) is 0 Å². The number of aromatic nitrogens is 4. The fraction of sp³-hybridized carbons (Fsp3) is 0.647. The molecule has 0 amide bonds. The van der Waals surface area contributed by atoms with Crippen LogP contribution in [0.15, 0.2) is 23.5 Å². The van der Waals surface area contributed by atoms with E-state index < -0.39 is 0 Å². The average Bonchev–Trinajstić information content (AvgIpc) is 3.36. The van der Waals surface area contributed by atoms with E-state index in [9.17, 15) is 0 Å². The molecule has 0 atom stereocenters. The number of rotatable bonds is 7. The third-order valence-electron chi connectivity index (χ3n) is 4.32.